The second-order valence-corrected chi connectivity index (χ2v) is 7.15. The molecule has 1 aliphatic carbocycles. The van der Waals surface area contributed by atoms with Crippen molar-refractivity contribution in [3.8, 4) is 0 Å². The first-order valence-electron chi connectivity index (χ1n) is 8.20. The van der Waals surface area contributed by atoms with Crippen LogP contribution in [-0.2, 0) is 4.79 Å². The summed E-state index contributed by atoms with van der Waals surface area (Å²) in [5, 5.41) is 3.67. The van der Waals surface area contributed by atoms with Gasteiger partial charge in [0.15, 0.2) is 0 Å². The molecule has 19 heavy (non-hydrogen) atoms. The van der Waals surface area contributed by atoms with Crippen molar-refractivity contribution in [3.63, 3.8) is 0 Å². The molecule has 0 aromatic heterocycles. The van der Waals surface area contributed by atoms with Crippen molar-refractivity contribution in [2.45, 2.75) is 64.5 Å². The van der Waals surface area contributed by atoms with E-state index in [0.717, 1.165) is 25.4 Å². The van der Waals surface area contributed by atoms with Crippen molar-refractivity contribution in [2.75, 3.05) is 13.1 Å². The fourth-order valence-corrected chi connectivity index (χ4v) is 4.22. The summed E-state index contributed by atoms with van der Waals surface area (Å²) in [5.74, 6) is 2.54. The van der Waals surface area contributed by atoms with Crippen LogP contribution in [0, 0.1) is 17.8 Å². The van der Waals surface area contributed by atoms with E-state index < -0.39 is 0 Å². The summed E-state index contributed by atoms with van der Waals surface area (Å²) in [6, 6.07) is 0.728. The predicted octanol–water partition coefficient (Wildman–Crippen LogP) is 2.41. The summed E-state index contributed by atoms with van der Waals surface area (Å²) in [6.45, 7) is 6.46. The maximum atomic E-state index is 12.6. The van der Waals surface area contributed by atoms with Gasteiger partial charge < -0.3 is 10.2 Å². The molecule has 3 rings (SSSR count). The van der Waals surface area contributed by atoms with Gasteiger partial charge in [-0.15, -0.1) is 0 Å². The van der Waals surface area contributed by atoms with Crippen LogP contribution in [0.3, 0.4) is 0 Å². The first-order chi connectivity index (χ1) is 9.15. The molecule has 3 fully saturated rings. The first kappa shape index (κ1) is 13.4. The maximum absolute atomic E-state index is 12.6. The number of carbonyl (C=O) groups is 1. The lowest BCUT2D eigenvalue weighted by Crippen LogP contribution is -2.55. The molecule has 1 amide bonds. The van der Waals surface area contributed by atoms with Crippen LogP contribution >= 0.6 is 0 Å². The molecule has 5 atom stereocenters. The Bertz CT molecular complexity index is 334. The van der Waals surface area contributed by atoms with Crippen LogP contribution in [0.1, 0.15) is 52.4 Å². The van der Waals surface area contributed by atoms with Crippen molar-refractivity contribution < 1.29 is 4.79 Å². The fourth-order valence-electron chi connectivity index (χ4n) is 4.22. The summed E-state index contributed by atoms with van der Waals surface area (Å²) in [4.78, 5) is 14.7. The Labute approximate surface area is 117 Å². The minimum atomic E-state index is 0.108. The third-order valence-corrected chi connectivity index (χ3v) is 5.75. The quantitative estimate of drug-likeness (QED) is 0.789. The molecule has 108 valence electrons. The monoisotopic (exact) mass is 264 g/mol. The zero-order valence-corrected chi connectivity index (χ0v) is 12.4. The molecule has 5 unspecified atom stereocenters. The highest BCUT2D eigenvalue weighted by Gasteiger charge is 2.38. The van der Waals surface area contributed by atoms with Crippen LogP contribution in [0.2, 0.25) is 0 Å². The molecular weight excluding hydrogens is 236 g/mol. The molecule has 2 saturated heterocycles. The summed E-state index contributed by atoms with van der Waals surface area (Å²) >= 11 is 0. The molecule has 2 heterocycles. The Morgan fingerprint density at radius 1 is 1.00 bits per heavy atom. The van der Waals surface area contributed by atoms with Gasteiger partial charge in [-0.3, -0.25) is 4.79 Å². The second-order valence-electron chi connectivity index (χ2n) is 7.15. The molecule has 3 aliphatic rings. The summed E-state index contributed by atoms with van der Waals surface area (Å²) < 4.78 is 0. The lowest BCUT2D eigenvalue weighted by atomic mass is 9.77. The van der Waals surface area contributed by atoms with Gasteiger partial charge in [0.2, 0.25) is 5.91 Å². The lowest BCUT2D eigenvalue weighted by Gasteiger charge is -2.40. The molecule has 1 saturated carbocycles. The zero-order valence-electron chi connectivity index (χ0n) is 12.4. The van der Waals surface area contributed by atoms with Gasteiger partial charge in [0, 0.05) is 19.1 Å². The van der Waals surface area contributed by atoms with Gasteiger partial charge in [0.1, 0.15) is 0 Å². The van der Waals surface area contributed by atoms with Crippen LogP contribution in [-0.4, -0.2) is 36.0 Å². The molecule has 1 N–H and O–H groups in total. The predicted molar refractivity (Wildman–Crippen MR) is 76.8 cm³/mol. The molecule has 0 aromatic rings. The number of amides is 1. The van der Waals surface area contributed by atoms with Gasteiger partial charge in [-0.05, 0) is 43.4 Å². The van der Waals surface area contributed by atoms with E-state index in [1.165, 1.54) is 32.1 Å². The number of fused-ring (bicyclic) bond motifs is 1. The van der Waals surface area contributed by atoms with E-state index in [9.17, 15) is 4.79 Å². The minimum absolute atomic E-state index is 0.108. The Hall–Kier alpha value is -0.570. The van der Waals surface area contributed by atoms with Gasteiger partial charge in [-0.1, -0.05) is 26.7 Å². The number of hydrogen-bond acceptors (Lipinski definition) is 2. The number of piperidine rings is 1. The third-order valence-electron chi connectivity index (χ3n) is 5.75. The number of nitrogens with zero attached hydrogens (tertiary/aromatic N) is 1. The molecule has 0 spiro atoms. The summed E-state index contributed by atoms with van der Waals surface area (Å²) in [7, 11) is 0. The van der Waals surface area contributed by atoms with Crippen molar-refractivity contribution in [3.05, 3.63) is 0 Å². The molecule has 0 radical (unpaired) electrons. The molecular formula is C16H28N2O. The number of hydrogen-bond donors (Lipinski definition) is 1. The first-order valence-corrected chi connectivity index (χ1v) is 8.20. The number of nitrogens with one attached hydrogen (secondary N) is 1. The summed E-state index contributed by atoms with van der Waals surface area (Å²) in [5.41, 5.74) is 0. The van der Waals surface area contributed by atoms with Crippen LogP contribution in [0.5, 0.6) is 0 Å². The Morgan fingerprint density at radius 3 is 2.42 bits per heavy atom. The molecule has 2 aliphatic heterocycles. The van der Waals surface area contributed by atoms with Gasteiger partial charge in [-0.25, -0.2) is 0 Å². The van der Waals surface area contributed by atoms with Gasteiger partial charge in [0.25, 0.3) is 0 Å². The van der Waals surface area contributed by atoms with Crippen molar-refractivity contribution in [1.82, 2.24) is 10.2 Å². The van der Waals surface area contributed by atoms with Gasteiger partial charge in [-0.2, -0.15) is 0 Å². The topological polar surface area (TPSA) is 32.3 Å². The molecule has 3 heteroatoms. The van der Waals surface area contributed by atoms with E-state index in [0.29, 0.717) is 23.8 Å². The van der Waals surface area contributed by atoms with Crippen molar-refractivity contribution in [2.24, 2.45) is 17.8 Å². The highest BCUT2D eigenvalue weighted by Crippen LogP contribution is 2.33. The number of likely N-dealkylation sites (tertiary alicyclic amines) is 1. The van der Waals surface area contributed by atoms with E-state index >= 15 is 0 Å². The van der Waals surface area contributed by atoms with E-state index in [1.807, 2.05) is 0 Å². The largest absolute Gasteiger partial charge is 0.341 e. The van der Waals surface area contributed by atoms with E-state index in [2.05, 4.69) is 24.1 Å². The third kappa shape index (κ3) is 2.67. The zero-order chi connectivity index (χ0) is 13.4. The molecule has 0 aromatic carbocycles. The fraction of sp³-hybridized carbons (Fsp3) is 0.938. The van der Waals surface area contributed by atoms with Crippen molar-refractivity contribution >= 4 is 5.91 Å². The SMILES string of the molecule is CC1CN(C(=O)C2CCC3CCCCC3N2)CC1C. The van der Waals surface area contributed by atoms with Gasteiger partial charge in [0.05, 0.1) is 6.04 Å². The smallest absolute Gasteiger partial charge is 0.239 e. The van der Waals surface area contributed by atoms with Crippen molar-refractivity contribution in [1.29, 1.82) is 0 Å². The van der Waals surface area contributed by atoms with E-state index in [-0.39, 0.29) is 6.04 Å². The number of rotatable bonds is 1. The van der Waals surface area contributed by atoms with Crippen LogP contribution in [0.25, 0.3) is 0 Å². The summed E-state index contributed by atoms with van der Waals surface area (Å²) in [6.07, 6.45) is 7.69. The normalized spacial score (nSPS) is 43.1. The van der Waals surface area contributed by atoms with Crippen LogP contribution in [0.4, 0.5) is 0 Å². The second kappa shape index (κ2) is 5.43. The maximum Gasteiger partial charge on any atom is 0.239 e. The lowest BCUT2D eigenvalue weighted by molar-refractivity contribution is -0.134. The van der Waals surface area contributed by atoms with Crippen LogP contribution in [0.15, 0.2) is 0 Å². The Kier molecular flexibility index (Phi) is 3.84. The minimum Gasteiger partial charge on any atom is -0.341 e. The van der Waals surface area contributed by atoms with E-state index in [1.54, 1.807) is 0 Å². The molecule has 0 bridgehead atoms. The Morgan fingerprint density at radius 2 is 1.68 bits per heavy atom. The highest BCUT2D eigenvalue weighted by atomic mass is 16.2. The standard InChI is InChI=1S/C16H28N2O/c1-11-9-18(10-12(11)2)16(19)15-8-7-13-5-3-4-6-14(13)17-15/h11-15,17H,3-10H2,1-2H3. The van der Waals surface area contributed by atoms with Gasteiger partial charge >= 0.3 is 0 Å². The Balaban J connectivity index is 1.59. The average Bonchev–Trinajstić information content (AvgIpc) is 2.77. The molecule has 3 nitrogen and oxygen atoms in total. The average molecular weight is 264 g/mol. The van der Waals surface area contributed by atoms with Crippen LogP contribution < -0.4 is 5.32 Å². The highest BCUT2D eigenvalue weighted by molar-refractivity contribution is 5.82. The van der Waals surface area contributed by atoms with E-state index in [4.69, 9.17) is 0 Å². The number of carbonyl (C=O) groups excluding carboxylic acids is 1.